The van der Waals surface area contributed by atoms with Crippen LogP contribution in [0.15, 0.2) is 0 Å². The summed E-state index contributed by atoms with van der Waals surface area (Å²) >= 11 is 0. The van der Waals surface area contributed by atoms with Gasteiger partial charge in [-0.1, -0.05) is 6.42 Å². The van der Waals surface area contributed by atoms with Crippen LogP contribution in [0, 0.1) is 5.92 Å². The van der Waals surface area contributed by atoms with Gasteiger partial charge in [-0.05, 0) is 58.5 Å². The van der Waals surface area contributed by atoms with Crippen LogP contribution in [0.2, 0.25) is 0 Å². The Morgan fingerprint density at radius 2 is 1.48 bits per heavy atom. The number of piperidine rings is 2. The lowest BCUT2D eigenvalue weighted by Gasteiger charge is -2.34. The quantitative estimate of drug-likeness (QED) is 0.843. The van der Waals surface area contributed by atoms with Crippen LogP contribution in [0.5, 0.6) is 0 Å². The van der Waals surface area contributed by atoms with E-state index < -0.39 is 0 Å². The minimum Gasteiger partial charge on any atom is -0.342 e. The topological polar surface area (TPSA) is 55.9 Å². The summed E-state index contributed by atoms with van der Waals surface area (Å²) in [5.41, 5.74) is 0. The fraction of sp³-hybridized carbons (Fsp3) is 0.895. The van der Waals surface area contributed by atoms with Crippen LogP contribution < -0.4 is 5.32 Å². The molecule has 3 heterocycles. The van der Waals surface area contributed by atoms with Gasteiger partial charge in [-0.25, -0.2) is 4.79 Å². The molecule has 0 aliphatic carbocycles. The van der Waals surface area contributed by atoms with E-state index in [-0.39, 0.29) is 18.0 Å². The molecule has 0 bridgehead atoms. The van der Waals surface area contributed by atoms with Crippen LogP contribution in [0.25, 0.3) is 0 Å². The molecular formula is C19H34N4O2. The molecule has 3 aliphatic rings. The first-order valence-electron chi connectivity index (χ1n) is 10.2. The summed E-state index contributed by atoms with van der Waals surface area (Å²) in [4.78, 5) is 31.3. The molecule has 0 spiro atoms. The molecule has 1 N–H and O–H groups in total. The fourth-order valence-corrected chi connectivity index (χ4v) is 4.40. The van der Waals surface area contributed by atoms with E-state index in [1.165, 1.54) is 19.3 Å². The molecule has 0 aromatic heterocycles. The van der Waals surface area contributed by atoms with Crippen molar-refractivity contribution in [3.8, 4) is 0 Å². The number of urea groups is 1. The average molecular weight is 351 g/mol. The molecule has 142 valence electrons. The van der Waals surface area contributed by atoms with Gasteiger partial charge in [0.15, 0.2) is 0 Å². The van der Waals surface area contributed by atoms with Crippen LogP contribution in [0.1, 0.15) is 51.9 Å². The molecule has 0 aromatic rings. The number of hydrogen-bond donors (Lipinski definition) is 1. The average Bonchev–Trinajstić information content (AvgIpc) is 3.16. The lowest BCUT2D eigenvalue weighted by molar-refractivity contribution is -0.135. The molecule has 25 heavy (non-hydrogen) atoms. The molecule has 6 heteroatoms. The van der Waals surface area contributed by atoms with Crippen molar-refractivity contribution in [1.29, 1.82) is 0 Å². The van der Waals surface area contributed by atoms with Crippen molar-refractivity contribution in [3.63, 3.8) is 0 Å². The maximum atomic E-state index is 12.5. The summed E-state index contributed by atoms with van der Waals surface area (Å²) in [5.74, 6) is 0.434. The standard InChI is InChI=1S/C19H34N4O2/c1-16(15-21-9-3-2-4-10-21)20-19(25)23-13-7-17(8-14-23)18(24)22-11-5-6-12-22/h16-17H,2-15H2,1H3,(H,20,25). The summed E-state index contributed by atoms with van der Waals surface area (Å²) < 4.78 is 0. The Kier molecular flexibility index (Phi) is 6.57. The Bertz CT molecular complexity index is 450. The summed E-state index contributed by atoms with van der Waals surface area (Å²) in [6, 6.07) is 0.214. The van der Waals surface area contributed by atoms with Gasteiger partial charge in [0.05, 0.1) is 0 Å². The largest absolute Gasteiger partial charge is 0.342 e. The van der Waals surface area contributed by atoms with E-state index >= 15 is 0 Å². The van der Waals surface area contributed by atoms with E-state index in [0.717, 1.165) is 58.4 Å². The Labute approximate surface area is 151 Å². The Hall–Kier alpha value is -1.30. The molecule has 1 atom stereocenters. The maximum Gasteiger partial charge on any atom is 0.317 e. The number of amides is 3. The van der Waals surface area contributed by atoms with Crippen LogP contribution in [-0.4, -0.2) is 78.5 Å². The number of likely N-dealkylation sites (tertiary alicyclic amines) is 3. The molecule has 6 nitrogen and oxygen atoms in total. The van der Waals surface area contributed by atoms with E-state index in [4.69, 9.17) is 0 Å². The third kappa shape index (κ3) is 5.09. The summed E-state index contributed by atoms with van der Waals surface area (Å²) in [5, 5.41) is 3.15. The SMILES string of the molecule is CC(CN1CCCCC1)NC(=O)N1CCC(C(=O)N2CCCC2)CC1. The molecule has 3 amide bonds. The highest BCUT2D eigenvalue weighted by molar-refractivity contribution is 5.80. The van der Waals surface area contributed by atoms with Gasteiger partial charge in [0.1, 0.15) is 0 Å². The number of nitrogens with zero attached hydrogens (tertiary/aromatic N) is 3. The summed E-state index contributed by atoms with van der Waals surface area (Å²) in [6.45, 7) is 8.60. The Morgan fingerprint density at radius 1 is 0.880 bits per heavy atom. The van der Waals surface area contributed by atoms with Gasteiger partial charge in [-0.3, -0.25) is 4.79 Å². The molecule has 3 fully saturated rings. The minimum atomic E-state index is 0.0385. The highest BCUT2D eigenvalue weighted by Crippen LogP contribution is 2.22. The maximum absolute atomic E-state index is 12.5. The normalized spacial score (nSPS) is 24.4. The molecule has 3 saturated heterocycles. The molecule has 0 aromatic carbocycles. The second-order valence-electron chi connectivity index (χ2n) is 8.01. The Morgan fingerprint density at radius 3 is 2.12 bits per heavy atom. The van der Waals surface area contributed by atoms with Crippen molar-refractivity contribution in [1.82, 2.24) is 20.0 Å². The van der Waals surface area contributed by atoms with E-state index in [2.05, 4.69) is 17.1 Å². The first kappa shape index (κ1) is 18.5. The van der Waals surface area contributed by atoms with Crippen LogP contribution in [0.4, 0.5) is 4.79 Å². The van der Waals surface area contributed by atoms with Crippen molar-refractivity contribution in [2.45, 2.75) is 57.9 Å². The van der Waals surface area contributed by atoms with Crippen LogP contribution in [-0.2, 0) is 4.79 Å². The van der Waals surface area contributed by atoms with Gasteiger partial charge in [0.25, 0.3) is 0 Å². The monoisotopic (exact) mass is 350 g/mol. The van der Waals surface area contributed by atoms with Crippen LogP contribution >= 0.6 is 0 Å². The highest BCUT2D eigenvalue weighted by Gasteiger charge is 2.31. The van der Waals surface area contributed by atoms with Gasteiger partial charge in [-0.2, -0.15) is 0 Å². The van der Waals surface area contributed by atoms with Crippen molar-refractivity contribution >= 4 is 11.9 Å². The third-order valence-corrected chi connectivity index (χ3v) is 5.90. The molecule has 3 aliphatic heterocycles. The van der Waals surface area contributed by atoms with E-state index in [0.29, 0.717) is 19.0 Å². The van der Waals surface area contributed by atoms with E-state index in [1.54, 1.807) is 0 Å². The van der Waals surface area contributed by atoms with Gasteiger partial charge < -0.3 is 20.0 Å². The second-order valence-corrected chi connectivity index (χ2v) is 8.01. The minimum absolute atomic E-state index is 0.0385. The Balaban J connectivity index is 1.38. The first-order valence-corrected chi connectivity index (χ1v) is 10.2. The molecular weight excluding hydrogens is 316 g/mol. The van der Waals surface area contributed by atoms with Crippen molar-refractivity contribution in [3.05, 3.63) is 0 Å². The van der Waals surface area contributed by atoms with Crippen LogP contribution in [0.3, 0.4) is 0 Å². The van der Waals surface area contributed by atoms with E-state index in [9.17, 15) is 9.59 Å². The molecule has 0 saturated carbocycles. The number of carbonyl (C=O) groups excluding carboxylic acids is 2. The van der Waals surface area contributed by atoms with Crippen molar-refractivity contribution in [2.75, 3.05) is 45.8 Å². The first-order chi connectivity index (χ1) is 12.1. The molecule has 1 unspecified atom stereocenters. The fourth-order valence-electron chi connectivity index (χ4n) is 4.40. The van der Waals surface area contributed by atoms with Gasteiger partial charge >= 0.3 is 6.03 Å². The lowest BCUT2D eigenvalue weighted by atomic mass is 9.95. The number of nitrogens with one attached hydrogen (secondary N) is 1. The zero-order valence-electron chi connectivity index (χ0n) is 15.7. The zero-order chi connectivity index (χ0) is 17.6. The second kappa shape index (κ2) is 8.88. The summed E-state index contributed by atoms with van der Waals surface area (Å²) in [6.07, 6.45) is 7.79. The number of carbonyl (C=O) groups is 2. The lowest BCUT2D eigenvalue weighted by Crippen LogP contribution is -2.51. The predicted octanol–water partition coefficient (Wildman–Crippen LogP) is 1.90. The predicted molar refractivity (Wildman–Crippen MR) is 98.4 cm³/mol. The van der Waals surface area contributed by atoms with Crippen molar-refractivity contribution < 1.29 is 9.59 Å². The smallest absolute Gasteiger partial charge is 0.317 e. The van der Waals surface area contributed by atoms with E-state index in [1.807, 2.05) is 9.80 Å². The molecule has 3 rings (SSSR count). The zero-order valence-corrected chi connectivity index (χ0v) is 15.7. The number of rotatable bonds is 4. The summed E-state index contributed by atoms with van der Waals surface area (Å²) in [7, 11) is 0. The highest BCUT2D eigenvalue weighted by atomic mass is 16.2. The van der Waals surface area contributed by atoms with Gasteiger partial charge in [0, 0.05) is 44.7 Å². The molecule has 0 radical (unpaired) electrons. The van der Waals surface area contributed by atoms with Gasteiger partial charge in [0.2, 0.25) is 5.91 Å². The third-order valence-electron chi connectivity index (χ3n) is 5.90. The van der Waals surface area contributed by atoms with Gasteiger partial charge in [-0.15, -0.1) is 0 Å². The van der Waals surface area contributed by atoms with Crippen molar-refractivity contribution in [2.24, 2.45) is 5.92 Å². The number of hydrogen-bond acceptors (Lipinski definition) is 3.